The van der Waals surface area contributed by atoms with Crippen LogP contribution in [0.2, 0.25) is 0 Å². The molecular weight excluding hydrogens is 501 g/mol. The molecule has 0 unspecified atom stereocenters. The Morgan fingerprint density at radius 1 is 1.13 bits per heavy atom. The number of nitrogens with one attached hydrogen (secondary N) is 3. The predicted molar refractivity (Wildman–Crippen MR) is 139 cm³/mol. The zero-order valence-corrected chi connectivity index (χ0v) is 20.2. The van der Waals surface area contributed by atoms with Gasteiger partial charge in [-0.05, 0) is 49.4 Å². The molecule has 31 heavy (non-hydrogen) atoms. The van der Waals surface area contributed by atoms with E-state index >= 15 is 0 Å². The van der Waals surface area contributed by atoms with Crippen molar-refractivity contribution >= 4 is 52.4 Å². The number of fused-ring (bicyclic) bond motifs is 2. The lowest BCUT2D eigenvalue weighted by atomic mass is 10.0. The Labute approximate surface area is 200 Å². The second-order valence-corrected chi connectivity index (χ2v) is 7.51. The molecule has 1 aromatic heterocycles. The fourth-order valence-electron chi connectivity index (χ4n) is 4.02. The molecule has 0 radical (unpaired) electrons. The molecule has 1 aliphatic heterocycles. The molecule has 4 rings (SSSR count). The summed E-state index contributed by atoms with van der Waals surface area (Å²) in [5.74, 6) is 0.715. The number of amides is 1. The number of rotatable bonds is 6. The molecule has 1 aliphatic rings. The number of carbonyl (C=O) groups excluding carboxylic acids is 1. The van der Waals surface area contributed by atoms with Gasteiger partial charge in [-0.15, -0.1) is 24.0 Å². The molecule has 0 bridgehead atoms. The molecule has 0 saturated carbocycles. The van der Waals surface area contributed by atoms with Crippen LogP contribution in [0.4, 0.5) is 5.69 Å². The molecule has 2 aromatic carbocycles. The van der Waals surface area contributed by atoms with Crippen LogP contribution in [0.25, 0.3) is 10.9 Å². The average molecular weight is 531 g/mol. The van der Waals surface area contributed by atoms with Gasteiger partial charge in [0.1, 0.15) is 6.54 Å². The monoisotopic (exact) mass is 531 g/mol. The van der Waals surface area contributed by atoms with E-state index in [9.17, 15) is 4.79 Å². The van der Waals surface area contributed by atoms with E-state index in [4.69, 9.17) is 0 Å². The zero-order valence-electron chi connectivity index (χ0n) is 17.9. The largest absolute Gasteiger partial charge is 0.361 e. The van der Waals surface area contributed by atoms with Crippen LogP contribution in [0.3, 0.4) is 0 Å². The summed E-state index contributed by atoms with van der Waals surface area (Å²) in [6.07, 6.45) is 4.96. The second-order valence-electron chi connectivity index (χ2n) is 7.51. The van der Waals surface area contributed by atoms with Crippen molar-refractivity contribution in [3.63, 3.8) is 0 Å². The van der Waals surface area contributed by atoms with Gasteiger partial charge in [-0.2, -0.15) is 0 Å². The normalized spacial score (nSPS) is 13.5. The molecule has 3 N–H and O–H groups in total. The topological polar surface area (TPSA) is 72.5 Å². The van der Waals surface area contributed by atoms with Crippen molar-refractivity contribution in [2.75, 3.05) is 31.1 Å². The predicted octanol–water partition coefficient (Wildman–Crippen LogP) is 3.86. The number of aryl methyl sites for hydroxylation is 1. The minimum absolute atomic E-state index is 0. The number of nitrogens with zero attached hydrogens (tertiary/aromatic N) is 2. The second kappa shape index (κ2) is 11.2. The highest BCUT2D eigenvalue weighted by Gasteiger charge is 2.21. The van der Waals surface area contributed by atoms with E-state index < -0.39 is 0 Å². The maximum absolute atomic E-state index is 12.8. The molecule has 164 valence electrons. The standard InChI is InChI=1S/C24H29N5O.HI/c1-2-25-24(26-14-13-19-16-27-21-11-5-4-10-20(19)21)28-17-23(30)29-15-7-9-18-8-3-6-12-22(18)29;/h3-6,8,10-12,16,27H,2,7,9,13-15,17H2,1H3,(H2,25,26,28);1H. The summed E-state index contributed by atoms with van der Waals surface area (Å²) in [7, 11) is 0. The third-order valence-corrected chi connectivity index (χ3v) is 5.49. The van der Waals surface area contributed by atoms with E-state index in [2.05, 4.69) is 51.1 Å². The van der Waals surface area contributed by atoms with Crippen molar-refractivity contribution in [3.05, 3.63) is 65.9 Å². The van der Waals surface area contributed by atoms with E-state index in [-0.39, 0.29) is 36.4 Å². The van der Waals surface area contributed by atoms with Crippen LogP contribution in [-0.4, -0.2) is 43.0 Å². The van der Waals surface area contributed by atoms with E-state index in [1.54, 1.807) is 0 Å². The van der Waals surface area contributed by atoms with Crippen LogP contribution < -0.4 is 15.5 Å². The minimum Gasteiger partial charge on any atom is -0.361 e. The fourth-order valence-corrected chi connectivity index (χ4v) is 4.02. The summed E-state index contributed by atoms with van der Waals surface area (Å²) < 4.78 is 0. The quantitative estimate of drug-likeness (QED) is 0.257. The summed E-state index contributed by atoms with van der Waals surface area (Å²) >= 11 is 0. The first-order valence-corrected chi connectivity index (χ1v) is 10.7. The van der Waals surface area contributed by atoms with Gasteiger partial charge in [0.2, 0.25) is 5.91 Å². The molecule has 0 fully saturated rings. The van der Waals surface area contributed by atoms with Crippen molar-refractivity contribution in [2.45, 2.75) is 26.2 Å². The third kappa shape index (κ3) is 5.58. The zero-order chi connectivity index (χ0) is 20.8. The number of benzene rings is 2. The van der Waals surface area contributed by atoms with Crippen LogP contribution in [0, 0.1) is 0 Å². The summed E-state index contributed by atoms with van der Waals surface area (Å²) in [6.45, 7) is 4.42. The van der Waals surface area contributed by atoms with E-state index in [0.717, 1.165) is 50.1 Å². The Morgan fingerprint density at radius 2 is 1.94 bits per heavy atom. The number of guanidine groups is 1. The Bertz CT molecular complexity index is 1050. The first kappa shape index (κ1) is 23.1. The fraction of sp³-hybridized carbons (Fsp3) is 0.333. The van der Waals surface area contributed by atoms with Crippen LogP contribution >= 0.6 is 24.0 Å². The third-order valence-electron chi connectivity index (χ3n) is 5.49. The van der Waals surface area contributed by atoms with Crippen molar-refractivity contribution in [3.8, 4) is 0 Å². The smallest absolute Gasteiger partial charge is 0.248 e. The average Bonchev–Trinajstić information content (AvgIpc) is 3.20. The van der Waals surface area contributed by atoms with Crippen molar-refractivity contribution in [2.24, 2.45) is 4.99 Å². The number of hydrogen-bond donors (Lipinski definition) is 3. The highest BCUT2D eigenvalue weighted by atomic mass is 127. The van der Waals surface area contributed by atoms with Gasteiger partial charge in [-0.25, -0.2) is 4.99 Å². The van der Waals surface area contributed by atoms with Crippen LogP contribution in [0.1, 0.15) is 24.5 Å². The highest BCUT2D eigenvalue weighted by Crippen LogP contribution is 2.26. The first-order valence-electron chi connectivity index (χ1n) is 10.7. The first-order chi connectivity index (χ1) is 14.8. The van der Waals surface area contributed by atoms with E-state index in [1.807, 2.05) is 36.1 Å². The SMILES string of the molecule is CCNC(=NCC(=O)N1CCCc2ccccc21)NCCc1c[nH]c2ccccc12.I. The van der Waals surface area contributed by atoms with Gasteiger partial charge in [0.15, 0.2) is 5.96 Å². The van der Waals surface area contributed by atoms with Crippen LogP contribution in [0.5, 0.6) is 0 Å². The Balaban J connectivity index is 0.00000272. The van der Waals surface area contributed by atoms with Gasteiger partial charge >= 0.3 is 0 Å². The maximum atomic E-state index is 12.8. The number of H-pyrrole nitrogens is 1. The Morgan fingerprint density at radius 3 is 2.81 bits per heavy atom. The number of anilines is 1. The number of aromatic nitrogens is 1. The van der Waals surface area contributed by atoms with Gasteiger partial charge in [0.25, 0.3) is 0 Å². The van der Waals surface area contributed by atoms with Gasteiger partial charge in [-0.1, -0.05) is 36.4 Å². The van der Waals surface area contributed by atoms with Crippen LogP contribution in [0.15, 0.2) is 59.7 Å². The minimum atomic E-state index is 0. The summed E-state index contributed by atoms with van der Waals surface area (Å²) in [4.78, 5) is 22.6. The Kier molecular flexibility index (Phi) is 8.34. The lowest BCUT2D eigenvalue weighted by Crippen LogP contribution is -2.41. The number of para-hydroxylation sites is 2. The number of halogens is 1. The summed E-state index contributed by atoms with van der Waals surface area (Å²) in [5, 5.41) is 7.84. The highest BCUT2D eigenvalue weighted by molar-refractivity contribution is 14.0. The van der Waals surface area contributed by atoms with Crippen LogP contribution in [-0.2, 0) is 17.6 Å². The van der Waals surface area contributed by atoms with Gasteiger partial charge in [-0.3, -0.25) is 4.79 Å². The van der Waals surface area contributed by atoms with Crippen molar-refractivity contribution < 1.29 is 4.79 Å². The summed E-state index contributed by atoms with van der Waals surface area (Å²) in [5.41, 5.74) is 4.70. The molecule has 3 aromatic rings. The molecule has 0 spiro atoms. The lowest BCUT2D eigenvalue weighted by molar-refractivity contribution is -0.117. The van der Waals surface area contributed by atoms with E-state index in [0.29, 0.717) is 5.96 Å². The molecule has 7 heteroatoms. The molecule has 6 nitrogen and oxygen atoms in total. The molecule has 0 saturated heterocycles. The molecule has 0 aliphatic carbocycles. The molecule has 0 atom stereocenters. The van der Waals surface area contributed by atoms with Gasteiger partial charge in [0, 0.05) is 42.4 Å². The number of aromatic amines is 1. The number of aliphatic imine (C=N–C) groups is 1. The van der Waals surface area contributed by atoms with E-state index in [1.165, 1.54) is 16.5 Å². The lowest BCUT2D eigenvalue weighted by Gasteiger charge is -2.29. The molecule has 2 heterocycles. The molecule has 1 amide bonds. The Hall–Kier alpha value is -2.55. The van der Waals surface area contributed by atoms with Crippen molar-refractivity contribution in [1.29, 1.82) is 0 Å². The van der Waals surface area contributed by atoms with Gasteiger partial charge in [0.05, 0.1) is 0 Å². The number of carbonyl (C=O) groups is 1. The maximum Gasteiger partial charge on any atom is 0.248 e. The molecular formula is C24H30IN5O. The number of hydrogen-bond acceptors (Lipinski definition) is 2. The van der Waals surface area contributed by atoms with Gasteiger partial charge < -0.3 is 20.5 Å². The summed E-state index contributed by atoms with van der Waals surface area (Å²) in [6, 6.07) is 16.5. The van der Waals surface area contributed by atoms with Crippen molar-refractivity contribution in [1.82, 2.24) is 15.6 Å².